The lowest BCUT2D eigenvalue weighted by Crippen LogP contribution is -2.13. The van der Waals surface area contributed by atoms with Gasteiger partial charge in [0.2, 0.25) is 0 Å². The molecule has 2 rings (SSSR count). The first-order valence-corrected chi connectivity index (χ1v) is 6.33. The molecule has 1 heterocycles. The van der Waals surface area contributed by atoms with Gasteiger partial charge in [0, 0.05) is 6.20 Å². The highest BCUT2D eigenvalue weighted by atomic mass is 35.5. The number of phenols is 1. The van der Waals surface area contributed by atoms with E-state index in [-0.39, 0.29) is 32.7 Å². The highest BCUT2D eigenvalue weighted by molar-refractivity contribution is 6.35. The van der Waals surface area contributed by atoms with Gasteiger partial charge in [-0.15, -0.1) is 0 Å². The summed E-state index contributed by atoms with van der Waals surface area (Å²) in [5.41, 5.74) is -0.0809. The van der Waals surface area contributed by atoms with Crippen molar-refractivity contribution in [3.63, 3.8) is 0 Å². The molecule has 0 spiro atoms. The number of hydrogen-bond donors (Lipinski definition) is 3. The Balaban J connectivity index is 2.33. The molecule has 0 bridgehead atoms. The molecule has 0 saturated heterocycles. The van der Waals surface area contributed by atoms with E-state index < -0.39 is 11.9 Å². The molecule has 0 unspecified atom stereocenters. The third-order valence-corrected chi connectivity index (χ3v) is 3.07. The summed E-state index contributed by atoms with van der Waals surface area (Å²) >= 11 is 11.5. The molecule has 3 N–H and O–H groups in total. The Morgan fingerprint density at radius 2 is 1.90 bits per heavy atom. The Labute approximate surface area is 129 Å². The zero-order chi connectivity index (χ0) is 15.6. The molecule has 108 valence electrons. The first kappa shape index (κ1) is 15.1. The number of carbonyl (C=O) groups excluding carboxylic acids is 1. The van der Waals surface area contributed by atoms with Crippen LogP contribution in [0.5, 0.6) is 5.75 Å². The summed E-state index contributed by atoms with van der Waals surface area (Å²) in [7, 11) is 0. The average molecular weight is 327 g/mol. The third-order valence-electron chi connectivity index (χ3n) is 2.56. The molecule has 0 aliphatic heterocycles. The van der Waals surface area contributed by atoms with Gasteiger partial charge in [0.15, 0.2) is 0 Å². The van der Waals surface area contributed by atoms with Crippen molar-refractivity contribution in [2.24, 2.45) is 0 Å². The molecule has 1 aromatic heterocycles. The van der Waals surface area contributed by atoms with Gasteiger partial charge in [-0.3, -0.25) is 4.79 Å². The molecule has 0 aliphatic rings. The Morgan fingerprint density at radius 3 is 2.57 bits per heavy atom. The molecule has 21 heavy (non-hydrogen) atoms. The molecule has 0 atom stereocenters. The van der Waals surface area contributed by atoms with Crippen LogP contribution >= 0.6 is 23.2 Å². The number of carboxylic acids is 1. The number of carbonyl (C=O) groups is 2. The maximum absolute atomic E-state index is 12.1. The average Bonchev–Trinajstić information content (AvgIpc) is 2.43. The summed E-state index contributed by atoms with van der Waals surface area (Å²) in [6, 6.07) is 4.77. The Hall–Kier alpha value is -2.31. The molecule has 2 aromatic rings. The van der Waals surface area contributed by atoms with E-state index in [4.69, 9.17) is 28.3 Å². The topological polar surface area (TPSA) is 99.5 Å². The summed E-state index contributed by atoms with van der Waals surface area (Å²) in [6.07, 6.45) is 1.21. The van der Waals surface area contributed by atoms with E-state index in [0.717, 1.165) is 6.07 Å². The number of pyridine rings is 1. The number of nitrogens with one attached hydrogen (secondary N) is 1. The molecule has 1 amide bonds. The van der Waals surface area contributed by atoms with Gasteiger partial charge in [0.05, 0.1) is 21.8 Å². The highest BCUT2D eigenvalue weighted by Gasteiger charge is 2.15. The van der Waals surface area contributed by atoms with Gasteiger partial charge in [-0.2, -0.15) is 0 Å². The standard InChI is InChI=1S/C13H8Cl2N2O4/c14-8-5-16-11(15)4-7(8)12(19)17-9-3-6(13(20)21)1-2-10(9)18/h1-5,18H,(H,17,19)(H,20,21). The summed E-state index contributed by atoms with van der Waals surface area (Å²) in [5, 5.41) is 21.1. The Morgan fingerprint density at radius 1 is 1.19 bits per heavy atom. The fourth-order valence-corrected chi connectivity index (χ4v) is 1.89. The number of halogens is 2. The van der Waals surface area contributed by atoms with E-state index in [2.05, 4.69) is 10.3 Å². The maximum atomic E-state index is 12.1. The number of benzene rings is 1. The summed E-state index contributed by atoms with van der Waals surface area (Å²) in [4.78, 5) is 26.7. The van der Waals surface area contributed by atoms with Crippen LogP contribution in [0.2, 0.25) is 10.2 Å². The monoisotopic (exact) mass is 326 g/mol. The van der Waals surface area contributed by atoms with Crippen LogP contribution in [0, 0.1) is 0 Å². The molecule has 0 aliphatic carbocycles. The fourth-order valence-electron chi connectivity index (χ4n) is 1.55. The van der Waals surface area contributed by atoms with Crippen molar-refractivity contribution in [2.75, 3.05) is 5.32 Å². The Kier molecular flexibility index (Phi) is 4.30. The molecule has 0 fully saturated rings. The number of carboxylic acid groups (broad SMARTS) is 1. The normalized spacial score (nSPS) is 10.2. The maximum Gasteiger partial charge on any atom is 0.335 e. The van der Waals surface area contributed by atoms with E-state index in [9.17, 15) is 14.7 Å². The number of rotatable bonds is 3. The van der Waals surface area contributed by atoms with Gasteiger partial charge in [-0.1, -0.05) is 23.2 Å². The van der Waals surface area contributed by atoms with Crippen LogP contribution < -0.4 is 5.32 Å². The van der Waals surface area contributed by atoms with Gasteiger partial charge >= 0.3 is 5.97 Å². The SMILES string of the molecule is O=C(O)c1ccc(O)c(NC(=O)c2cc(Cl)ncc2Cl)c1. The smallest absolute Gasteiger partial charge is 0.335 e. The second-order valence-electron chi connectivity index (χ2n) is 3.98. The van der Waals surface area contributed by atoms with Crippen molar-refractivity contribution in [3.8, 4) is 5.75 Å². The molecule has 0 radical (unpaired) electrons. The number of aromatic nitrogens is 1. The van der Waals surface area contributed by atoms with Crippen LogP contribution in [0.4, 0.5) is 5.69 Å². The lowest BCUT2D eigenvalue weighted by molar-refractivity contribution is 0.0696. The van der Waals surface area contributed by atoms with Crippen LogP contribution in [-0.2, 0) is 0 Å². The summed E-state index contributed by atoms with van der Waals surface area (Å²) < 4.78 is 0. The quantitative estimate of drug-likeness (QED) is 0.594. The first-order chi connectivity index (χ1) is 9.88. The van der Waals surface area contributed by atoms with Gasteiger partial charge in [-0.25, -0.2) is 9.78 Å². The zero-order valence-corrected chi connectivity index (χ0v) is 11.8. The Bertz CT molecular complexity index is 734. The number of nitrogens with zero attached hydrogens (tertiary/aromatic N) is 1. The van der Waals surface area contributed by atoms with Crippen molar-refractivity contribution < 1.29 is 19.8 Å². The van der Waals surface area contributed by atoms with E-state index in [0.29, 0.717) is 0 Å². The van der Waals surface area contributed by atoms with Gasteiger partial charge in [0.1, 0.15) is 10.9 Å². The minimum Gasteiger partial charge on any atom is -0.506 e. The molecule has 0 saturated carbocycles. The van der Waals surface area contributed by atoms with Crippen molar-refractivity contribution in [2.45, 2.75) is 0 Å². The fraction of sp³-hybridized carbons (Fsp3) is 0. The minimum absolute atomic E-state index is 0.0519. The summed E-state index contributed by atoms with van der Waals surface area (Å²) in [6.45, 7) is 0. The number of amides is 1. The van der Waals surface area contributed by atoms with E-state index >= 15 is 0 Å². The number of aromatic hydroxyl groups is 1. The second kappa shape index (κ2) is 5.99. The lowest BCUT2D eigenvalue weighted by atomic mass is 10.1. The van der Waals surface area contributed by atoms with Gasteiger partial charge in [0.25, 0.3) is 5.91 Å². The largest absolute Gasteiger partial charge is 0.506 e. The number of anilines is 1. The van der Waals surface area contributed by atoms with Crippen molar-refractivity contribution in [1.29, 1.82) is 0 Å². The van der Waals surface area contributed by atoms with Crippen molar-refractivity contribution in [1.82, 2.24) is 4.98 Å². The number of hydrogen-bond acceptors (Lipinski definition) is 4. The third kappa shape index (κ3) is 3.42. The van der Waals surface area contributed by atoms with Gasteiger partial charge < -0.3 is 15.5 Å². The second-order valence-corrected chi connectivity index (χ2v) is 4.77. The predicted molar refractivity (Wildman–Crippen MR) is 77.3 cm³/mol. The molecule has 1 aromatic carbocycles. The highest BCUT2D eigenvalue weighted by Crippen LogP contribution is 2.26. The molecular formula is C13H8Cl2N2O4. The zero-order valence-electron chi connectivity index (χ0n) is 10.3. The van der Waals surface area contributed by atoms with Crippen molar-refractivity contribution in [3.05, 3.63) is 51.8 Å². The minimum atomic E-state index is -1.18. The summed E-state index contributed by atoms with van der Waals surface area (Å²) in [5.74, 6) is -2.11. The van der Waals surface area contributed by atoms with Crippen LogP contribution in [0.25, 0.3) is 0 Å². The predicted octanol–water partition coefficient (Wildman–Crippen LogP) is 3.04. The lowest BCUT2D eigenvalue weighted by Gasteiger charge is -2.09. The van der Waals surface area contributed by atoms with Gasteiger partial charge in [-0.05, 0) is 24.3 Å². The first-order valence-electron chi connectivity index (χ1n) is 5.57. The molecule has 6 nitrogen and oxygen atoms in total. The number of aromatic carboxylic acids is 1. The number of phenolic OH excluding ortho intramolecular Hbond substituents is 1. The van der Waals surface area contributed by atoms with E-state index in [1.807, 2.05) is 0 Å². The van der Waals surface area contributed by atoms with Crippen LogP contribution in [0.1, 0.15) is 20.7 Å². The van der Waals surface area contributed by atoms with Crippen LogP contribution in [0.3, 0.4) is 0 Å². The molecular weight excluding hydrogens is 319 g/mol. The van der Waals surface area contributed by atoms with Crippen LogP contribution in [0.15, 0.2) is 30.5 Å². The van der Waals surface area contributed by atoms with E-state index in [1.165, 1.54) is 24.4 Å². The van der Waals surface area contributed by atoms with Crippen molar-refractivity contribution >= 4 is 40.8 Å². The molecule has 8 heteroatoms. The van der Waals surface area contributed by atoms with E-state index in [1.54, 1.807) is 0 Å². The van der Waals surface area contributed by atoms with Crippen LogP contribution in [-0.4, -0.2) is 27.1 Å².